The first-order chi connectivity index (χ1) is 9.40. The SMILES string of the molecule is C=CCN(c1nnc(CC)c(CC)c1C#N)C(C)(C)C. The Morgan fingerprint density at radius 1 is 1.25 bits per heavy atom. The number of rotatable bonds is 5. The van der Waals surface area contributed by atoms with E-state index >= 15 is 0 Å². The van der Waals surface area contributed by atoms with Crippen LogP contribution in [0, 0.1) is 11.3 Å². The van der Waals surface area contributed by atoms with Gasteiger partial charge in [-0.25, -0.2) is 0 Å². The molecule has 0 unspecified atom stereocenters. The van der Waals surface area contributed by atoms with E-state index in [2.05, 4.69) is 55.4 Å². The lowest BCUT2D eigenvalue weighted by Gasteiger charge is -2.36. The molecule has 1 aromatic rings. The van der Waals surface area contributed by atoms with Gasteiger partial charge in [-0.2, -0.15) is 10.4 Å². The predicted molar refractivity (Wildman–Crippen MR) is 82.8 cm³/mol. The molecule has 1 aromatic heterocycles. The molecule has 0 aliphatic carbocycles. The Kier molecular flexibility index (Phi) is 5.26. The van der Waals surface area contributed by atoms with Crippen LogP contribution in [0.5, 0.6) is 0 Å². The molecule has 0 N–H and O–H groups in total. The van der Waals surface area contributed by atoms with Gasteiger partial charge < -0.3 is 4.90 Å². The van der Waals surface area contributed by atoms with Gasteiger partial charge in [0.15, 0.2) is 5.82 Å². The van der Waals surface area contributed by atoms with Crippen molar-refractivity contribution in [3.63, 3.8) is 0 Å². The monoisotopic (exact) mass is 272 g/mol. The highest BCUT2D eigenvalue weighted by Crippen LogP contribution is 2.28. The minimum absolute atomic E-state index is 0.146. The van der Waals surface area contributed by atoms with Crippen molar-refractivity contribution in [3.8, 4) is 6.07 Å². The van der Waals surface area contributed by atoms with Crippen LogP contribution in [0.1, 0.15) is 51.4 Å². The molecule has 0 radical (unpaired) electrons. The van der Waals surface area contributed by atoms with E-state index in [4.69, 9.17) is 0 Å². The third kappa shape index (κ3) is 3.16. The van der Waals surface area contributed by atoms with Gasteiger partial charge in [0.1, 0.15) is 11.6 Å². The molecular formula is C16H24N4. The quantitative estimate of drug-likeness (QED) is 0.772. The Bertz CT molecular complexity index is 521. The standard InChI is InChI=1S/C16H24N4/c1-7-10-20(16(4,5)6)15-13(11-17)12(8-2)14(9-3)18-19-15/h7H,1,8-10H2,2-6H3. The summed E-state index contributed by atoms with van der Waals surface area (Å²) in [6.45, 7) is 14.8. The zero-order chi connectivity index (χ0) is 15.3. The van der Waals surface area contributed by atoms with Gasteiger partial charge in [0.05, 0.1) is 5.69 Å². The number of aromatic nitrogens is 2. The van der Waals surface area contributed by atoms with Crippen LogP contribution in [0.2, 0.25) is 0 Å². The maximum atomic E-state index is 9.56. The van der Waals surface area contributed by atoms with Gasteiger partial charge in [0, 0.05) is 12.1 Å². The molecular weight excluding hydrogens is 248 g/mol. The molecule has 0 amide bonds. The third-order valence-electron chi connectivity index (χ3n) is 3.32. The molecule has 20 heavy (non-hydrogen) atoms. The molecule has 1 heterocycles. The fraction of sp³-hybridized carbons (Fsp3) is 0.562. The summed E-state index contributed by atoms with van der Waals surface area (Å²) in [6.07, 6.45) is 3.41. The number of aryl methyl sites for hydroxylation is 1. The predicted octanol–water partition coefficient (Wildman–Crippen LogP) is 3.26. The first-order valence-electron chi connectivity index (χ1n) is 7.07. The van der Waals surface area contributed by atoms with Crippen LogP contribution in [-0.4, -0.2) is 22.3 Å². The second-order valence-corrected chi connectivity index (χ2v) is 5.71. The van der Waals surface area contributed by atoms with E-state index in [0.717, 1.165) is 24.1 Å². The van der Waals surface area contributed by atoms with Crippen molar-refractivity contribution in [1.82, 2.24) is 10.2 Å². The van der Waals surface area contributed by atoms with Crippen LogP contribution in [0.3, 0.4) is 0 Å². The summed E-state index contributed by atoms with van der Waals surface area (Å²) in [5, 5.41) is 18.2. The molecule has 4 heteroatoms. The van der Waals surface area contributed by atoms with Crippen LogP contribution in [0.15, 0.2) is 12.7 Å². The first-order valence-corrected chi connectivity index (χ1v) is 7.07. The third-order valence-corrected chi connectivity index (χ3v) is 3.32. The zero-order valence-corrected chi connectivity index (χ0v) is 13.2. The summed E-state index contributed by atoms with van der Waals surface area (Å²) in [6, 6.07) is 2.32. The summed E-state index contributed by atoms with van der Waals surface area (Å²) >= 11 is 0. The smallest absolute Gasteiger partial charge is 0.170 e. The van der Waals surface area contributed by atoms with Gasteiger partial charge in [-0.15, -0.1) is 11.7 Å². The normalized spacial score (nSPS) is 11.0. The van der Waals surface area contributed by atoms with E-state index in [9.17, 15) is 5.26 Å². The van der Waals surface area contributed by atoms with Crippen LogP contribution < -0.4 is 4.90 Å². The molecule has 0 saturated carbocycles. The van der Waals surface area contributed by atoms with E-state index in [-0.39, 0.29) is 5.54 Å². The average molecular weight is 272 g/mol. The molecule has 4 nitrogen and oxygen atoms in total. The Hall–Kier alpha value is -1.89. The van der Waals surface area contributed by atoms with Crippen molar-refractivity contribution in [1.29, 1.82) is 5.26 Å². The maximum absolute atomic E-state index is 9.56. The lowest BCUT2D eigenvalue weighted by atomic mass is 10.0. The van der Waals surface area contributed by atoms with E-state index in [1.54, 1.807) is 0 Å². The van der Waals surface area contributed by atoms with Crippen molar-refractivity contribution < 1.29 is 0 Å². The molecule has 1 rings (SSSR count). The summed E-state index contributed by atoms with van der Waals surface area (Å²) in [4.78, 5) is 2.07. The molecule has 0 saturated heterocycles. The Morgan fingerprint density at radius 3 is 2.30 bits per heavy atom. The van der Waals surface area contributed by atoms with Crippen molar-refractivity contribution in [2.75, 3.05) is 11.4 Å². The Balaban J connectivity index is 3.51. The summed E-state index contributed by atoms with van der Waals surface area (Å²) in [5.41, 5.74) is 2.43. The fourth-order valence-electron chi connectivity index (χ4n) is 2.28. The Labute approximate surface area is 122 Å². The first kappa shape index (κ1) is 16.2. The number of nitrogens with zero attached hydrogens (tertiary/aromatic N) is 4. The largest absolute Gasteiger partial charge is 0.345 e. The van der Waals surface area contributed by atoms with Crippen molar-refractivity contribution in [3.05, 3.63) is 29.5 Å². The molecule has 0 aliphatic rings. The van der Waals surface area contributed by atoms with Crippen LogP contribution >= 0.6 is 0 Å². The van der Waals surface area contributed by atoms with E-state index < -0.39 is 0 Å². The van der Waals surface area contributed by atoms with Crippen molar-refractivity contribution >= 4 is 5.82 Å². The highest BCUT2D eigenvalue weighted by atomic mass is 15.3. The van der Waals surface area contributed by atoms with Crippen molar-refractivity contribution in [2.45, 2.75) is 53.0 Å². The van der Waals surface area contributed by atoms with Gasteiger partial charge in [0.2, 0.25) is 0 Å². The summed E-state index contributed by atoms with van der Waals surface area (Å²) in [7, 11) is 0. The fourth-order valence-corrected chi connectivity index (χ4v) is 2.28. The van der Waals surface area contributed by atoms with Crippen LogP contribution in [0.4, 0.5) is 5.82 Å². The van der Waals surface area contributed by atoms with Crippen LogP contribution in [-0.2, 0) is 12.8 Å². The van der Waals surface area contributed by atoms with Gasteiger partial charge >= 0.3 is 0 Å². The number of hydrogen-bond donors (Lipinski definition) is 0. The number of nitriles is 1. The topological polar surface area (TPSA) is 52.8 Å². The molecule has 108 valence electrons. The maximum Gasteiger partial charge on any atom is 0.170 e. The minimum atomic E-state index is -0.146. The molecule has 0 atom stereocenters. The molecule has 0 bridgehead atoms. The summed E-state index contributed by atoms with van der Waals surface area (Å²) in [5.74, 6) is 0.661. The van der Waals surface area contributed by atoms with E-state index in [1.807, 2.05) is 13.0 Å². The summed E-state index contributed by atoms with van der Waals surface area (Å²) < 4.78 is 0. The lowest BCUT2D eigenvalue weighted by Crippen LogP contribution is -2.43. The van der Waals surface area contributed by atoms with Gasteiger partial charge in [0.25, 0.3) is 0 Å². The number of anilines is 1. The highest BCUT2D eigenvalue weighted by Gasteiger charge is 2.26. The molecule has 0 aliphatic heterocycles. The van der Waals surface area contributed by atoms with Crippen molar-refractivity contribution in [2.24, 2.45) is 0 Å². The van der Waals surface area contributed by atoms with Gasteiger partial charge in [-0.1, -0.05) is 19.9 Å². The average Bonchev–Trinajstić information content (AvgIpc) is 2.41. The van der Waals surface area contributed by atoms with Gasteiger partial charge in [-0.05, 0) is 39.2 Å². The number of hydrogen-bond acceptors (Lipinski definition) is 4. The molecule has 0 spiro atoms. The van der Waals surface area contributed by atoms with Crippen LogP contribution in [0.25, 0.3) is 0 Å². The van der Waals surface area contributed by atoms with E-state index in [1.165, 1.54) is 0 Å². The van der Waals surface area contributed by atoms with E-state index in [0.29, 0.717) is 17.9 Å². The van der Waals surface area contributed by atoms with Gasteiger partial charge in [-0.3, -0.25) is 0 Å². The second kappa shape index (κ2) is 6.51. The Morgan fingerprint density at radius 2 is 1.90 bits per heavy atom. The highest BCUT2D eigenvalue weighted by molar-refractivity contribution is 5.59. The lowest BCUT2D eigenvalue weighted by molar-refractivity contribution is 0.514. The zero-order valence-electron chi connectivity index (χ0n) is 13.2. The molecule has 0 fully saturated rings. The minimum Gasteiger partial charge on any atom is -0.345 e. The molecule has 0 aromatic carbocycles. The second-order valence-electron chi connectivity index (χ2n) is 5.71.